The molecule has 23 heavy (non-hydrogen) atoms. The van der Waals surface area contributed by atoms with E-state index < -0.39 is 0 Å². The van der Waals surface area contributed by atoms with Crippen molar-refractivity contribution in [3.05, 3.63) is 35.4 Å². The molecular formula is C18H26N2O2S. The molecule has 0 atom stereocenters. The van der Waals surface area contributed by atoms with Gasteiger partial charge in [0.25, 0.3) is 0 Å². The van der Waals surface area contributed by atoms with E-state index in [1.165, 1.54) is 16.0 Å². The molecule has 2 rings (SSSR count). The second kappa shape index (κ2) is 8.99. The number of hydrogen-bond donors (Lipinski definition) is 1. The van der Waals surface area contributed by atoms with Crippen LogP contribution in [-0.2, 0) is 11.3 Å². The lowest BCUT2D eigenvalue weighted by Gasteiger charge is -2.20. The fourth-order valence-electron chi connectivity index (χ4n) is 2.43. The van der Waals surface area contributed by atoms with Crippen molar-refractivity contribution in [1.29, 1.82) is 0 Å². The highest BCUT2D eigenvalue weighted by Crippen LogP contribution is 2.30. The zero-order valence-electron chi connectivity index (χ0n) is 14.2. The minimum absolute atomic E-state index is 0.119. The molecule has 0 aromatic heterocycles. The molecule has 0 unspecified atom stereocenters. The molecule has 0 saturated heterocycles. The summed E-state index contributed by atoms with van der Waals surface area (Å²) >= 11 is 1.88. The molecule has 1 aromatic carbocycles. The number of rotatable bonds is 6. The van der Waals surface area contributed by atoms with E-state index in [-0.39, 0.29) is 5.91 Å². The molecule has 0 saturated carbocycles. The van der Waals surface area contributed by atoms with E-state index in [9.17, 15) is 4.79 Å². The summed E-state index contributed by atoms with van der Waals surface area (Å²) in [6, 6.07) is 6.25. The van der Waals surface area contributed by atoms with Crippen molar-refractivity contribution in [3.63, 3.8) is 0 Å². The second-order valence-corrected chi connectivity index (χ2v) is 6.90. The van der Waals surface area contributed by atoms with Gasteiger partial charge < -0.3 is 10.1 Å². The molecular weight excluding hydrogens is 308 g/mol. The topological polar surface area (TPSA) is 41.6 Å². The standard InChI is InChI=1S/C18H26N2O2S/c1-4-14(2)12-19-18(21)7-8-20-9-10-23-17-6-5-16(22-3)11-15(17)13-20/h4-6,11H,7-10,12-13H2,1-3H3,(H,19,21)/b14-4+. The lowest BCUT2D eigenvalue weighted by molar-refractivity contribution is -0.121. The van der Waals surface area contributed by atoms with Crippen LogP contribution in [0.5, 0.6) is 5.75 Å². The summed E-state index contributed by atoms with van der Waals surface area (Å²) in [5, 5.41) is 2.97. The number of fused-ring (bicyclic) bond motifs is 1. The highest BCUT2D eigenvalue weighted by atomic mass is 32.2. The Kier molecular flexibility index (Phi) is 6.99. The van der Waals surface area contributed by atoms with Gasteiger partial charge in [-0.3, -0.25) is 9.69 Å². The Morgan fingerprint density at radius 3 is 3.04 bits per heavy atom. The molecule has 126 valence electrons. The van der Waals surface area contributed by atoms with Crippen molar-refractivity contribution in [1.82, 2.24) is 10.2 Å². The van der Waals surface area contributed by atoms with Crippen molar-refractivity contribution in [2.75, 3.05) is 32.5 Å². The lowest BCUT2D eigenvalue weighted by Crippen LogP contribution is -2.32. The number of amides is 1. The minimum Gasteiger partial charge on any atom is -0.497 e. The summed E-state index contributed by atoms with van der Waals surface area (Å²) in [4.78, 5) is 15.6. The molecule has 4 nitrogen and oxygen atoms in total. The Bertz CT molecular complexity index is 572. The average molecular weight is 334 g/mol. The third-order valence-corrected chi connectivity index (χ3v) is 5.13. The van der Waals surface area contributed by atoms with Gasteiger partial charge in [-0.1, -0.05) is 11.6 Å². The van der Waals surface area contributed by atoms with E-state index >= 15 is 0 Å². The lowest BCUT2D eigenvalue weighted by atomic mass is 10.2. The Hall–Kier alpha value is -1.46. The van der Waals surface area contributed by atoms with E-state index in [0.29, 0.717) is 13.0 Å². The summed E-state index contributed by atoms with van der Waals surface area (Å²) < 4.78 is 5.32. The van der Waals surface area contributed by atoms with E-state index in [4.69, 9.17) is 4.74 Å². The van der Waals surface area contributed by atoms with Crippen molar-refractivity contribution in [2.24, 2.45) is 0 Å². The fourth-order valence-corrected chi connectivity index (χ4v) is 3.47. The van der Waals surface area contributed by atoms with Gasteiger partial charge in [-0.15, -0.1) is 11.8 Å². The van der Waals surface area contributed by atoms with Gasteiger partial charge in [-0.05, 0) is 37.6 Å². The smallest absolute Gasteiger partial charge is 0.221 e. The Morgan fingerprint density at radius 1 is 1.48 bits per heavy atom. The van der Waals surface area contributed by atoms with Gasteiger partial charge in [0, 0.05) is 43.2 Å². The van der Waals surface area contributed by atoms with E-state index in [1.54, 1.807) is 7.11 Å². The first-order valence-electron chi connectivity index (χ1n) is 8.03. The van der Waals surface area contributed by atoms with Gasteiger partial charge in [0.15, 0.2) is 0 Å². The number of nitrogens with one attached hydrogen (secondary N) is 1. The molecule has 0 bridgehead atoms. The molecule has 1 aliphatic heterocycles. The van der Waals surface area contributed by atoms with Crippen LogP contribution in [0.2, 0.25) is 0 Å². The number of nitrogens with zero attached hydrogens (tertiary/aromatic N) is 1. The molecule has 0 fully saturated rings. The number of ether oxygens (including phenoxy) is 1. The molecule has 1 N–H and O–H groups in total. The SMILES string of the molecule is C/C=C(\C)CNC(=O)CCN1CCSc2ccc(OC)cc2C1. The van der Waals surface area contributed by atoms with Gasteiger partial charge in [0.05, 0.1) is 7.11 Å². The van der Waals surface area contributed by atoms with E-state index in [1.807, 2.05) is 37.8 Å². The average Bonchev–Trinajstić information content (AvgIpc) is 2.78. The molecule has 1 amide bonds. The third kappa shape index (κ3) is 5.59. The summed E-state index contributed by atoms with van der Waals surface area (Å²) in [7, 11) is 1.69. The zero-order valence-corrected chi connectivity index (χ0v) is 15.0. The van der Waals surface area contributed by atoms with Gasteiger partial charge in [0.2, 0.25) is 5.91 Å². The highest BCUT2D eigenvalue weighted by molar-refractivity contribution is 7.99. The van der Waals surface area contributed by atoms with E-state index in [2.05, 4.69) is 22.3 Å². The van der Waals surface area contributed by atoms with Gasteiger partial charge >= 0.3 is 0 Å². The van der Waals surface area contributed by atoms with Crippen molar-refractivity contribution >= 4 is 17.7 Å². The van der Waals surface area contributed by atoms with Gasteiger partial charge in [0.1, 0.15) is 5.75 Å². The normalized spacial score (nSPS) is 15.7. The molecule has 0 spiro atoms. The summed E-state index contributed by atoms with van der Waals surface area (Å²) in [6.07, 6.45) is 2.57. The monoisotopic (exact) mass is 334 g/mol. The summed E-state index contributed by atoms with van der Waals surface area (Å²) in [5.74, 6) is 2.07. The Labute approximate surface area is 143 Å². The van der Waals surface area contributed by atoms with E-state index in [0.717, 1.165) is 31.1 Å². The van der Waals surface area contributed by atoms with Crippen LogP contribution in [0.25, 0.3) is 0 Å². The third-order valence-electron chi connectivity index (χ3n) is 4.04. The Morgan fingerprint density at radius 2 is 2.30 bits per heavy atom. The predicted molar refractivity (Wildman–Crippen MR) is 96.1 cm³/mol. The fraction of sp³-hybridized carbons (Fsp3) is 0.500. The predicted octanol–water partition coefficient (Wildman–Crippen LogP) is 3.08. The van der Waals surface area contributed by atoms with Crippen LogP contribution < -0.4 is 10.1 Å². The van der Waals surface area contributed by atoms with Crippen LogP contribution in [0.4, 0.5) is 0 Å². The molecule has 0 radical (unpaired) electrons. The van der Waals surface area contributed by atoms with Crippen LogP contribution in [0.15, 0.2) is 34.7 Å². The second-order valence-electron chi connectivity index (χ2n) is 5.76. The van der Waals surface area contributed by atoms with Gasteiger partial charge in [-0.25, -0.2) is 0 Å². The van der Waals surface area contributed by atoms with Crippen LogP contribution in [0.1, 0.15) is 25.8 Å². The van der Waals surface area contributed by atoms with Crippen LogP contribution in [0, 0.1) is 0 Å². The molecule has 1 aliphatic rings. The molecule has 0 aliphatic carbocycles. The van der Waals surface area contributed by atoms with Crippen LogP contribution in [-0.4, -0.2) is 43.3 Å². The van der Waals surface area contributed by atoms with Crippen molar-refractivity contribution in [2.45, 2.75) is 31.7 Å². The molecule has 5 heteroatoms. The van der Waals surface area contributed by atoms with Crippen LogP contribution >= 0.6 is 11.8 Å². The quantitative estimate of drug-likeness (QED) is 0.812. The molecule has 1 aromatic rings. The number of benzene rings is 1. The van der Waals surface area contributed by atoms with Crippen molar-refractivity contribution < 1.29 is 9.53 Å². The number of methoxy groups -OCH3 is 1. The zero-order chi connectivity index (χ0) is 16.7. The Balaban J connectivity index is 1.87. The highest BCUT2D eigenvalue weighted by Gasteiger charge is 2.16. The maximum atomic E-state index is 11.9. The first kappa shape index (κ1) is 17.9. The van der Waals surface area contributed by atoms with Crippen LogP contribution in [0.3, 0.4) is 0 Å². The maximum Gasteiger partial charge on any atom is 0.221 e. The minimum atomic E-state index is 0.119. The molecule has 1 heterocycles. The number of carbonyl (C=O) groups is 1. The first-order chi connectivity index (χ1) is 11.1. The number of carbonyl (C=O) groups excluding carboxylic acids is 1. The number of hydrogen-bond acceptors (Lipinski definition) is 4. The van der Waals surface area contributed by atoms with Gasteiger partial charge in [-0.2, -0.15) is 0 Å². The summed E-state index contributed by atoms with van der Waals surface area (Å²) in [5.41, 5.74) is 2.47. The van der Waals surface area contributed by atoms with Crippen molar-refractivity contribution in [3.8, 4) is 5.75 Å². The number of allylic oxidation sites excluding steroid dienone is 1. The summed E-state index contributed by atoms with van der Waals surface area (Å²) in [6.45, 7) is 7.32. The maximum absolute atomic E-state index is 11.9. The largest absolute Gasteiger partial charge is 0.497 e. The number of thioether (sulfide) groups is 1. The first-order valence-corrected chi connectivity index (χ1v) is 9.01.